The van der Waals surface area contributed by atoms with Gasteiger partial charge >= 0.3 is 6.09 Å². The third kappa shape index (κ3) is 8.24. The molecule has 3 amide bonds. The normalized spacial score (nSPS) is 14.8. The van der Waals surface area contributed by atoms with Gasteiger partial charge in [-0.3, -0.25) is 9.59 Å². The summed E-state index contributed by atoms with van der Waals surface area (Å²) in [6, 6.07) is 10.1. The Morgan fingerprint density at radius 1 is 1.00 bits per heavy atom. The van der Waals surface area contributed by atoms with Crippen molar-refractivity contribution in [3.8, 4) is 0 Å². The van der Waals surface area contributed by atoms with Crippen LogP contribution in [0, 0.1) is 27.7 Å². The topological polar surface area (TPSA) is 87.7 Å². The van der Waals surface area contributed by atoms with Crippen LogP contribution in [0.1, 0.15) is 73.9 Å². The lowest BCUT2D eigenvalue weighted by atomic mass is 9.97. The number of aryl methyl sites for hydroxylation is 4. The fourth-order valence-corrected chi connectivity index (χ4v) is 5.04. The molecule has 1 aliphatic carbocycles. The molecule has 7 nitrogen and oxygen atoms in total. The molecule has 212 valence electrons. The molecule has 0 spiro atoms. The highest BCUT2D eigenvalue weighted by Gasteiger charge is 2.44. The number of anilines is 1. The fraction of sp³-hybridized carbons (Fsp3) is 0.516. The van der Waals surface area contributed by atoms with Gasteiger partial charge in [-0.05, 0) is 108 Å². The van der Waals surface area contributed by atoms with E-state index in [0.717, 1.165) is 46.3 Å². The van der Waals surface area contributed by atoms with Gasteiger partial charge in [0.25, 0.3) is 5.91 Å². The van der Waals surface area contributed by atoms with Gasteiger partial charge in [0.2, 0.25) is 5.91 Å². The van der Waals surface area contributed by atoms with Crippen LogP contribution < -0.4 is 10.6 Å². The number of ether oxygens (including phenoxy) is 1. The summed E-state index contributed by atoms with van der Waals surface area (Å²) in [6.45, 7) is 13.3. The lowest BCUT2D eigenvalue weighted by molar-refractivity contribution is -0.141. The molecule has 0 radical (unpaired) electrons. The van der Waals surface area contributed by atoms with Crippen LogP contribution in [0.5, 0.6) is 0 Å². The summed E-state index contributed by atoms with van der Waals surface area (Å²) in [6.07, 6.45) is 3.38. The lowest BCUT2D eigenvalue weighted by Crippen LogP contribution is -2.53. The zero-order valence-electron chi connectivity index (χ0n) is 24.5. The lowest BCUT2D eigenvalue weighted by Gasteiger charge is -2.35. The molecule has 0 bridgehead atoms. The van der Waals surface area contributed by atoms with Crippen LogP contribution in [0.25, 0.3) is 0 Å². The van der Waals surface area contributed by atoms with Crippen molar-refractivity contribution >= 4 is 35.4 Å². The predicted molar refractivity (Wildman–Crippen MR) is 159 cm³/mol. The smallest absolute Gasteiger partial charge is 0.408 e. The van der Waals surface area contributed by atoms with E-state index in [9.17, 15) is 14.4 Å². The average molecular weight is 554 g/mol. The van der Waals surface area contributed by atoms with Crippen molar-refractivity contribution in [2.45, 2.75) is 91.5 Å². The second-order valence-electron chi connectivity index (χ2n) is 11.5. The van der Waals surface area contributed by atoms with Crippen molar-refractivity contribution in [3.63, 3.8) is 0 Å². The summed E-state index contributed by atoms with van der Waals surface area (Å²) in [5.41, 5.74) is 4.88. The van der Waals surface area contributed by atoms with E-state index in [0.29, 0.717) is 12.2 Å². The van der Waals surface area contributed by atoms with Crippen LogP contribution in [-0.4, -0.2) is 52.5 Å². The van der Waals surface area contributed by atoms with Gasteiger partial charge in [0.05, 0.1) is 0 Å². The summed E-state index contributed by atoms with van der Waals surface area (Å²) in [5.74, 6) is 0.141. The predicted octanol–water partition coefficient (Wildman–Crippen LogP) is 6.24. The minimum Gasteiger partial charge on any atom is -0.444 e. The molecule has 39 heavy (non-hydrogen) atoms. The van der Waals surface area contributed by atoms with Crippen LogP contribution in [0.2, 0.25) is 0 Å². The third-order valence-corrected chi connectivity index (χ3v) is 7.54. The first kappa shape index (κ1) is 30.5. The summed E-state index contributed by atoms with van der Waals surface area (Å²) in [5, 5.41) is 5.94. The van der Waals surface area contributed by atoms with Gasteiger partial charge in [0, 0.05) is 11.7 Å². The van der Waals surface area contributed by atoms with Crippen molar-refractivity contribution in [2.75, 3.05) is 17.3 Å². The number of carbonyl (C=O) groups is 3. The molecule has 1 fully saturated rings. The Labute approximate surface area is 237 Å². The van der Waals surface area contributed by atoms with Crippen LogP contribution in [-0.2, 0) is 14.3 Å². The standard InChI is InChI=1S/C31H43N3O4S/c1-19-12-13-23(18-22(19)4)27(28(35)33-26-20(2)10-9-11-21(26)3)34(24-14-15-24)29(36)25(16-17-39-8)32-30(37)38-31(5,6)7/h9-13,18,24-25,27H,14-17H2,1-8H3,(H,32,37)(H,33,35). The van der Waals surface area contributed by atoms with Crippen LogP contribution in [0.4, 0.5) is 10.5 Å². The average Bonchev–Trinajstić information content (AvgIpc) is 3.68. The zero-order chi connectivity index (χ0) is 28.9. The third-order valence-electron chi connectivity index (χ3n) is 6.90. The van der Waals surface area contributed by atoms with E-state index >= 15 is 0 Å². The number of nitrogens with one attached hydrogen (secondary N) is 2. The fourth-order valence-electron chi connectivity index (χ4n) is 4.57. The van der Waals surface area contributed by atoms with E-state index in [4.69, 9.17) is 4.74 Å². The molecule has 0 saturated heterocycles. The quantitative estimate of drug-likeness (QED) is 0.364. The summed E-state index contributed by atoms with van der Waals surface area (Å²) < 4.78 is 5.47. The number of hydrogen-bond donors (Lipinski definition) is 2. The molecule has 2 unspecified atom stereocenters. The number of alkyl carbamates (subject to hydrolysis) is 1. The Morgan fingerprint density at radius 2 is 1.64 bits per heavy atom. The Hall–Kier alpha value is -3.00. The zero-order valence-corrected chi connectivity index (χ0v) is 25.3. The minimum absolute atomic E-state index is 0.0787. The Bertz CT molecular complexity index is 1180. The molecule has 2 aromatic rings. The van der Waals surface area contributed by atoms with E-state index in [-0.39, 0.29) is 17.9 Å². The highest BCUT2D eigenvalue weighted by Crippen LogP contribution is 2.37. The summed E-state index contributed by atoms with van der Waals surface area (Å²) in [7, 11) is 0. The van der Waals surface area contributed by atoms with Gasteiger partial charge in [0.15, 0.2) is 0 Å². The second-order valence-corrected chi connectivity index (χ2v) is 12.4. The number of rotatable bonds is 10. The van der Waals surface area contributed by atoms with Crippen molar-refractivity contribution in [1.29, 1.82) is 0 Å². The van der Waals surface area contributed by atoms with Crippen molar-refractivity contribution in [3.05, 3.63) is 64.2 Å². The van der Waals surface area contributed by atoms with E-state index < -0.39 is 23.8 Å². The van der Waals surface area contributed by atoms with Crippen LogP contribution in [0.3, 0.4) is 0 Å². The molecule has 8 heteroatoms. The molecular formula is C31H43N3O4S. The Balaban J connectivity index is 2.03. The SMILES string of the molecule is CSCCC(NC(=O)OC(C)(C)C)C(=O)N(C1CC1)C(C(=O)Nc1c(C)cccc1C)c1ccc(C)c(C)c1. The van der Waals surface area contributed by atoms with Crippen molar-refractivity contribution < 1.29 is 19.1 Å². The number of para-hydroxylation sites is 1. The van der Waals surface area contributed by atoms with E-state index in [1.54, 1.807) is 37.4 Å². The van der Waals surface area contributed by atoms with Gasteiger partial charge in [-0.2, -0.15) is 11.8 Å². The number of thioether (sulfide) groups is 1. The van der Waals surface area contributed by atoms with Gasteiger partial charge in [-0.15, -0.1) is 0 Å². The van der Waals surface area contributed by atoms with E-state index in [2.05, 4.69) is 10.6 Å². The first-order valence-electron chi connectivity index (χ1n) is 13.6. The van der Waals surface area contributed by atoms with E-state index in [1.807, 2.05) is 70.3 Å². The molecule has 2 atom stereocenters. The van der Waals surface area contributed by atoms with Gasteiger partial charge in [-0.25, -0.2) is 4.79 Å². The van der Waals surface area contributed by atoms with Crippen molar-refractivity contribution in [1.82, 2.24) is 10.2 Å². The first-order valence-corrected chi connectivity index (χ1v) is 15.0. The molecule has 3 rings (SSSR count). The maximum Gasteiger partial charge on any atom is 0.408 e. The molecule has 2 N–H and O–H groups in total. The van der Waals surface area contributed by atoms with Gasteiger partial charge in [-0.1, -0.05) is 36.4 Å². The van der Waals surface area contributed by atoms with Crippen LogP contribution in [0.15, 0.2) is 36.4 Å². The Kier molecular flexibility index (Phi) is 10.1. The second kappa shape index (κ2) is 12.9. The minimum atomic E-state index is -0.847. The molecule has 1 saturated carbocycles. The van der Waals surface area contributed by atoms with Crippen molar-refractivity contribution in [2.24, 2.45) is 0 Å². The van der Waals surface area contributed by atoms with Gasteiger partial charge < -0.3 is 20.3 Å². The highest BCUT2D eigenvalue weighted by molar-refractivity contribution is 7.98. The first-order chi connectivity index (χ1) is 18.3. The maximum absolute atomic E-state index is 14.3. The summed E-state index contributed by atoms with van der Waals surface area (Å²) >= 11 is 1.60. The monoisotopic (exact) mass is 553 g/mol. The molecule has 2 aromatic carbocycles. The number of benzene rings is 2. The molecule has 1 aliphatic rings. The van der Waals surface area contributed by atoms with Gasteiger partial charge in [0.1, 0.15) is 17.7 Å². The Morgan fingerprint density at radius 3 is 2.18 bits per heavy atom. The largest absolute Gasteiger partial charge is 0.444 e. The maximum atomic E-state index is 14.3. The molecular weight excluding hydrogens is 510 g/mol. The highest BCUT2D eigenvalue weighted by atomic mass is 32.2. The number of nitrogens with zero attached hydrogens (tertiary/aromatic N) is 1. The number of carbonyl (C=O) groups excluding carboxylic acids is 3. The molecule has 0 heterocycles. The van der Waals surface area contributed by atoms with Crippen LogP contribution >= 0.6 is 11.8 Å². The van der Waals surface area contributed by atoms with E-state index in [1.165, 1.54) is 0 Å². The molecule has 0 aromatic heterocycles. The number of amides is 3. The summed E-state index contributed by atoms with van der Waals surface area (Å²) in [4.78, 5) is 42.8. The number of hydrogen-bond acceptors (Lipinski definition) is 5. The molecule has 0 aliphatic heterocycles.